The Bertz CT molecular complexity index is 1100. The summed E-state index contributed by atoms with van der Waals surface area (Å²) in [5, 5.41) is 3.13. The van der Waals surface area contributed by atoms with Crippen LogP contribution in [0.25, 0.3) is 6.08 Å². The standard InChI is InChI=1S/C26H29N3O3S/c1-16(2)19-10-8-18(9-11-19)14-23-25(31)29(21-6-5-7-22(15-21)32-4)26(28-23)33-17(3)24(30)27-20-12-13-20/h5-11,14-17,20H,12-13H2,1-4H3,(H,27,30). The van der Waals surface area contributed by atoms with Crippen LogP contribution in [-0.4, -0.2) is 35.4 Å². The molecule has 2 amide bonds. The second-order valence-corrected chi connectivity index (χ2v) is 9.94. The Balaban J connectivity index is 1.64. The Morgan fingerprint density at radius 3 is 2.55 bits per heavy atom. The Hall–Kier alpha value is -3.06. The average molecular weight is 464 g/mol. The zero-order valence-electron chi connectivity index (χ0n) is 19.4. The van der Waals surface area contributed by atoms with E-state index in [0.717, 1.165) is 18.4 Å². The Morgan fingerprint density at radius 2 is 1.91 bits per heavy atom. The highest BCUT2D eigenvalue weighted by molar-refractivity contribution is 8.15. The number of hydrogen-bond acceptors (Lipinski definition) is 5. The molecular formula is C26H29N3O3S. The van der Waals surface area contributed by atoms with Crippen molar-refractivity contribution in [1.82, 2.24) is 5.32 Å². The molecule has 33 heavy (non-hydrogen) atoms. The average Bonchev–Trinajstić information content (AvgIpc) is 3.57. The van der Waals surface area contributed by atoms with Gasteiger partial charge in [-0.2, -0.15) is 0 Å². The summed E-state index contributed by atoms with van der Waals surface area (Å²) < 4.78 is 5.34. The lowest BCUT2D eigenvalue weighted by atomic mass is 10.0. The Labute approximate surface area is 199 Å². The van der Waals surface area contributed by atoms with Crippen molar-refractivity contribution in [1.29, 1.82) is 0 Å². The number of ether oxygens (including phenoxy) is 1. The van der Waals surface area contributed by atoms with Gasteiger partial charge < -0.3 is 10.1 Å². The van der Waals surface area contributed by atoms with Crippen molar-refractivity contribution in [3.63, 3.8) is 0 Å². The zero-order valence-corrected chi connectivity index (χ0v) is 20.2. The third-order valence-corrected chi connectivity index (χ3v) is 6.68. The molecule has 7 heteroatoms. The van der Waals surface area contributed by atoms with E-state index < -0.39 is 0 Å². The molecule has 1 heterocycles. The number of methoxy groups -OCH3 is 1. The number of benzene rings is 2. The van der Waals surface area contributed by atoms with Gasteiger partial charge in [0.25, 0.3) is 5.91 Å². The van der Waals surface area contributed by atoms with E-state index in [1.165, 1.54) is 17.3 Å². The smallest absolute Gasteiger partial charge is 0.283 e. The Kier molecular flexibility index (Phi) is 6.88. The lowest BCUT2D eigenvalue weighted by Crippen LogP contribution is -2.36. The van der Waals surface area contributed by atoms with Gasteiger partial charge in [0.15, 0.2) is 5.17 Å². The van der Waals surface area contributed by atoms with E-state index in [9.17, 15) is 9.59 Å². The second-order valence-electron chi connectivity index (χ2n) is 8.63. The van der Waals surface area contributed by atoms with Gasteiger partial charge in [0.1, 0.15) is 11.4 Å². The molecule has 1 aliphatic carbocycles. The minimum absolute atomic E-state index is 0.0371. The van der Waals surface area contributed by atoms with Gasteiger partial charge in [0.05, 0.1) is 18.0 Å². The molecule has 2 aromatic carbocycles. The van der Waals surface area contributed by atoms with Crippen LogP contribution >= 0.6 is 11.8 Å². The van der Waals surface area contributed by atoms with Gasteiger partial charge in [-0.05, 0) is 55.0 Å². The quantitative estimate of drug-likeness (QED) is 0.589. The molecule has 0 bridgehead atoms. The number of nitrogens with zero attached hydrogens (tertiary/aromatic N) is 2. The number of carbonyl (C=O) groups excluding carboxylic acids is 2. The summed E-state index contributed by atoms with van der Waals surface area (Å²) in [5.74, 6) is 0.817. The van der Waals surface area contributed by atoms with Crippen LogP contribution in [0.4, 0.5) is 5.69 Å². The third-order valence-electron chi connectivity index (χ3n) is 5.62. The number of amides is 2. The minimum Gasteiger partial charge on any atom is -0.497 e. The molecule has 0 spiro atoms. The molecule has 2 aromatic rings. The first-order chi connectivity index (χ1) is 15.9. The summed E-state index contributed by atoms with van der Waals surface area (Å²) in [7, 11) is 1.59. The fourth-order valence-corrected chi connectivity index (χ4v) is 4.38. The number of anilines is 1. The molecule has 6 nitrogen and oxygen atoms in total. The molecule has 2 aliphatic rings. The van der Waals surface area contributed by atoms with E-state index in [-0.39, 0.29) is 23.1 Å². The molecule has 4 rings (SSSR count). The van der Waals surface area contributed by atoms with Gasteiger partial charge >= 0.3 is 0 Å². The molecule has 172 valence electrons. The molecule has 1 N–H and O–H groups in total. The van der Waals surface area contributed by atoms with Gasteiger partial charge in [0.2, 0.25) is 5.91 Å². The first-order valence-corrected chi connectivity index (χ1v) is 12.1. The van der Waals surface area contributed by atoms with E-state index in [2.05, 4.69) is 36.3 Å². The van der Waals surface area contributed by atoms with Crippen molar-refractivity contribution in [2.75, 3.05) is 12.0 Å². The topological polar surface area (TPSA) is 71.0 Å². The van der Waals surface area contributed by atoms with E-state index in [0.29, 0.717) is 28.2 Å². The number of aliphatic imine (C=N–C) groups is 1. The van der Waals surface area contributed by atoms with Gasteiger partial charge in [-0.25, -0.2) is 4.99 Å². The largest absolute Gasteiger partial charge is 0.497 e. The molecule has 1 atom stereocenters. The third kappa shape index (κ3) is 5.47. The molecule has 1 unspecified atom stereocenters. The molecule has 0 radical (unpaired) electrons. The van der Waals surface area contributed by atoms with Gasteiger partial charge in [-0.15, -0.1) is 0 Å². The van der Waals surface area contributed by atoms with Gasteiger partial charge in [-0.1, -0.05) is 55.9 Å². The number of nitrogens with one attached hydrogen (secondary N) is 1. The summed E-state index contributed by atoms with van der Waals surface area (Å²) in [6.07, 6.45) is 3.85. The van der Waals surface area contributed by atoms with E-state index in [4.69, 9.17) is 4.74 Å². The SMILES string of the molecule is COc1cccc(N2C(=O)C(=Cc3ccc(C(C)C)cc3)N=C2SC(C)C(=O)NC2CC2)c1. The lowest BCUT2D eigenvalue weighted by Gasteiger charge is -2.20. The number of rotatable bonds is 7. The van der Waals surface area contributed by atoms with E-state index in [1.54, 1.807) is 24.2 Å². The van der Waals surface area contributed by atoms with E-state index in [1.807, 2.05) is 37.3 Å². The van der Waals surface area contributed by atoms with Crippen LogP contribution in [0.5, 0.6) is 5.75 Å². The normalized spacial score (nSPS) is 18.0. The molecule has 1 saturated carbocycles. The summed E-state index contributed by atoms with van der Waals surface area (Å²) in [5.41, 5.74) is 3.14. The molecule has 0 aromatic heterocycles. The fraction of sp³-hybridized carbons (Fsp3) is 0.346. The van der Waals surface area contributed by atoms with Crippen LogP contribution in [-0.2, 0) is 9.59 Å². The molecule has 1 aliphatic heterocycles. The van der Waals surface area contributed by atoms with Crippen molar-refractivity contribution in [2.24, 2.45) is 4.99 Å². The van der Waals surface area contributed by atoms with Gasteiger partial charge in [0, 0.05) is 12.1 Å². The fourth-order valence-electron chi connectivity index (χ4n) is 3.45. The highest BCUT2D eigenvalue weighted by atomic mass is 32.2. The maximum atomic E-state index is 13.4. The van der Waals surface area contributed by atoms with E-state index >= 15 is 0 Å². The van der Waals surface area contributed by atoms with Crippen LogP contribution in [0.3, 0.4) is 0 Å². The van der Waals surface area contributed by atoms with Crippen LogP contribution in [0.1, 0.15) is 50.7 Å². The maximum absolute atomic E-state index is 13.4. The number of amidine groups is 1. The maximum Gasteiger partial charge on any atom is 0.283 e. The van der Waals surface area contributed by atoms with Crippen LogP contribution < -0.4 is 15.0 Å². The summed E-state index contributed by atoms with van der Waals surface area (Å²) in [6, 6.07) is 15.7. The van der Waals surface area contributed by atoms with Crippen molar-refractivity contribution in [3.8, 4) is 5.75 Å². The summed E-state index contributed by atoms with van der Waals surface area (Å²) in [4.78, 5) is 32.2. The summed E-state index contributed by atoms with van der Waals surface area (Å²) >= 11 is 1.29. The van der Waals surface area contributed by atoms with Crippen molar-refractivity contribution < 1.29 is 14.3 Å². The van der Waals surface area contributed by atoms with Crippen LogP contribution in [0, 0.1) is 0 Å². The Morgan fingerprint density at radius 1 is 1.18 bits per heavy atom. The molecule has 1 fully saturated rings. The van der Waals surface area contributed by atoms with Crippen LogP contribution in [0.15, 0.2) is 59.2 Å². The van der Waals surface area contributed by atoms with Crippen LogP contribution in [0.2, 0.25) is 0 Å². The predicted octanol–water partition coefficient (Wildman–Crippen LogP) is 4.96. The minimum atomic E-state index is -0.380. The van der Waals surface area contributed by atoms with Gasteiger partial charge in [-0.3, -0.25) is 14.5 Å². The second kappa shape index (κ2) is 9.83. The predicted molar refractivity (Wildman–Crippen MR) is 135 cm³/mol. The number of carbonyl (C=O) groups is 2. The lowest BCUT2D eigenvalue weighted by molar-refractivity contribution is -0.120. The molecule has 0 saturated heterocycles. The number of thioether (sulfide) groups is 1. The monoisotopic (exact) mass is 463 g/mol. The first-order valence-electron chi connectivity index (χ1n) is 11.2. The molecular weight excluding hydrogens is 434 g/mol. The summed E-state index contributed by atoms with van der Waals surface area (Å²) in [6.45, 7) is 6.13. The first kappa shape index (κ1) is 23.1. The zero-order chi connectivity index (χ0) is 23.5. The van der Waals surface area contributed by atoms with Crippen molar-refractivity contribution >= 4 is 40.5 Å². The highest BCUT2D eigenvalue weighted by Gasteiger charge is 2.35. The highest BCUT2D eigenvalue weighted by Crippen LogP contribution is 2.33. The number of hydrogen-bond donors (Lipinski definition) is 1. The van der Waals surface area contributed by atoms with Crippen molar-refractivity contribution in [2.45, 2.75) is 50.8 Å². The van der Waals surface area contributed by atoms with Crippen molar-refractivity contribution in [3.05, 3.63) is 65.4 Å².